The molecule has 0 amide bonds. The van der Waals surface area contributed by atoms with Crippen molar-refractivity contribution in [3.05, 3.63) is 40.7 Å². The first-order valence-corrected chi connectivity index (χ1v) is 7.43. The number of hydrogen-bond donors (Lipinski definition) is 0. The van der Waals surface area contributed by atoms with Crippen LogP contribution in [0, 0.1) is 41.6 Å². The molecule has 1 aromatic rings. The predicted molar refractivity (Wildman–Crippen MR) is 78.5 cm³/mol. The molecule has 0 unspecified atom stereocenters. The highest BCUT2D eigenvalue weighted by atomic mass is 19.3. The highest BCUT2D eigenvalue weighted by Gasteiger charge is 2.62. The summed E-state index contributed by atoms with van der Waals surface area (Å²) in [5.41, 5.74) is -1.46. The summed E-state index contributed by atoms with van der Waals surface area (Å²) in [6.45, 7) is 3.70. The van der Waals surface area contributed by atoms with Crippen molar-refractivity contribution in [2.75, 3.05) is 7.11 Å². The van der Waals surface area contributed by atoms with E-state index >= 15 is 0 Å². The second-order valence-electron chi connectivity index (χ2n) is 6.47. The molecule has 1 aliphatic carbocycles. The minimum Gasteiger partial charge on any atom is -0.491 e. The molecule has 0 heterocycles. The van der Waals surface area contributed by atoms with Crippen molar-refractivity contribution in [2.24, 2.45) is 17.3 Å². The number of esters is 1. The maximum atomic E-state index is 14.0. The third-order valence-corrected chi connectivity index (χ3v) is 4.67. The van der Waals surface area contributed by atoms with E-state index in [1.54, 1.807) is 13.8 Å². The van der Waals surface area contributed by atoms with Crippen LogP contribution in [0.2, 0.25) is 0 Å². The van der Waals surface area contributed by atoms with E-state index in [0.29, 0.717) is 6.08 Å². The quantitative estimate of drug-likeness (QED) is 0.438. The van der Waals surface area contributed by atoms with E-state index in [9.17, 15) is 26.7 Å². The fourth-order valence-corrected chi connectivity index (χ4v) is 2.95. The first kappa shape index (κ1) is 19.2. The first-order valence-electron chi connectivity index (χ1n) is 7.43. The number of halogens is 5. The van der Waals surface area contributed by atoms with Gasteiger partial charge < -0.3 is 9.47 Å². The van der Waals surface area contributed by atoms with Gasteiger partial charge in [-0.25, -0.2) is 8.78 Å². The van der Waals surface area contributed by atoms with Crippen LogP contribution in [0.5, 0.6) is 5.75 Å². The van der Waals surface area contributed by atoms with Crippen LogP contribution in [0.3, 0.4) is 0 Å². The van der Waals surface area contributed by atoms with E-state index in [2.05, 4.69) is 4.74 Å². The summed E-state index contributed by atoms with van der Waals surface area (Å²) in [4.78, 5) is 12.1. The molecular weight excluding hydrogens is 347 g/mol. The average Bonchev–Trinajstić information content (AvgIpc) is 3.05. The molecule has 3 nitrogen and oxygen atoms in total. The normalized spacial score (nSPS) is 20.8. The van der Waals surface area contributed by atoms with Gasteiger partial charge in [-0.05, 0) is 24.0 Å². The van der Waals surface area contributed by atoms with Crippen molar-refractivity contribution < 1.29 is 36.2 Å². The number of carbonyl (C=O) groups is 1. The first-order chi connectivity index (χ1) is 11.5. The number of ether oxygens (including phenoxy) is 2. The van der Waals surface area contributed by atoms with Crippen LogP contribution in [0.4, 0.5) is 22.0 Å². The molecule has 25 heavy (non-hydrogen) atoms. The third kappa shape index (κ3) is 3.34. The Hall–Kier alpha value is -2.12. The van der Waals surface area contributed by atoms with Gasteiger partial charge in [-0.3, -0.25) is 4.79 Å². The molecule has 0 saturated heterocycles. The molecule has 8 heteroatoms. The fourth-order valence-electron chi connectivity index (χ4n) is 2.95. The van der Waals surface area contributed by atoms with Crippen LogP contribution in [0.25, 0.3) is 0 Å². The van der Waals surface area contributed by atoms with E-state index in [-0.39, 0.29) is 5.56 Å². The molecule has 1 saturated carbocycles. The van der Waals surface area contributed by atoms with Crippen LogP contribution in [0.15, 0.2) is 12.2 Å². The minimum absolute atomic E-state index is 0.259. The van der Waals surface area contributed by atoms with Crippen LogP contribution < -0.4 is 4.74 Å². The summed E-state index contributed by atoms with van der Waals surface area (Å²) in [5, 5.41) is 0. The lowest BCUT2D eigenvalue weighted by Crippen LogP contribution is -2.13. The number of carbonyl (C=O) groups excluding carboxylic acids is 1. The number of benzene rings is 1. The smallest absolute Gasteiger partial charge is 0.310 e. The summed E-state index contributed by atoms with van der Waals surface area (Å²) >= 11 is 0. The highest BCUT2D eigenvalue weighted by molar-refractivity contribution is 5.78. The maximum absolute atomic E-state index is 14.0. The number of allylic oxidation sites excluding steroid dienone is 1. The van der Waals surface area contributed by atoms with Crippen molar-refractivity contribution in [1.82, 2.24) is 0 Å². The van der Waals surface area contributed by atoms with Gasteiger partial charge in [0, 0.05) is 11.5 Å². The fraction of sp³-hybridized carbons (Fsp3) is 0.471. The molecule has 0 bridgehead atoms. The van der Waals surface area contributed by atoms with Gasteiger partial charge >= 0.3 is 5.97 Å². The molecule has 0 radical (unpaired) electrons. The van der Waals surface area contributed by atoms with Crippen molar-refractivity contribution in [3.8, 4) is 5.75 Å². The van der Waals surface area contributed by atoms with Gasteiger partial charge in [0.05, 0.1) is 13.0 Å². The second kappa shape index (κ2) is 6.65. The van der Waals surface area contributed by atoms with Gasteiger partial charge in [-0.1, -0.05) is 13.8 Å². The van der Waals surface area contributed by atoms with E-state index < -0.39 is 64.7 Å². The molecule has 0 spiro atoms. The lowest BCUT2D eigenvalue weighted by molar-refractivity contribution is -0.147. The van der Waals surface area contributed by atoms with Gasteiger partial charge in [0.2, 0.25) is 5.82 Å². The Kier molecular flexibility index (Phi) is 5.11. The molecule has 0 aromatic heterocycles. The summed E-state index contributed by atoms with van der Waals surface area (Å²) < 4.78 is 75.9. The molecule has 1 fully saturated rings. The molecule has 1 aliphatic rings. The van der Waals surface area contributed by atoms with E-state index in [1.807, 2.05) is 0 Å². The Labute approximate surface area is 141 Å². The molecular formula is C17H17F5O3. The summed E-state index contributed by atoms with van der Waals surface area (Å²) in [5.74, 6) is -7.24. The summed E-state index contributed by atoms with van der Waals surface area (Å²) in [6, 6.07) is 0. The van der Waals surface area contributed by atoms with E-state index in [4.69, 9.17) is 4.74 Å². The van der Waals surface area contributed by atoms with Crippen molar-refractivity contribution in [3.63, 3.8) is 0 Å². The monoisotopic (exact) mass is 364 g/mol. The minimum atomic E-state index is -1.91. The van der Waals surface area contributed by atoms with Crippen molar-refractivity contribution in [1.29, 1.82) is 0 Å². The van der Waals surface area contributed by atoms with Gasteiger partial charge in [0.25, 0.3) is 6.08 Å². The van der Waals surface area contributed by atoms with Crippen molar-refractivity contribution >= 4 is 5.97 Å². The van der Waals surface area contributed by atoms with Crippen molar-refractivity contribution in [2.45, 2.75) is 27.4 Å². The average molecular weight is 364 g/mol. The molecule has 1 aromatic carbocycles. The molecule has 2 rings (SSSR count). The van der Waals surface area contributed by atoms with Crippen LogP contribution >= 0.6 is 0 Å². The zero-order valence-electron chi connectivity index (χ0n) is 14.1. The molecule has 2 atom stereocenters. The second-order valence-corrected chi connectivity index (χ2v) is 6.47. The van der Waals surface area contributed by atoms with Gasteiger partial charge in [-0.2, -0.15) is 13.2 Å². The molecule has 138 valence electrons. The maximum Gasteiger partial charge on any atom is 0.310 e. The largest absolute Gasteiger partial charge is 0.491 e. The Morgan fingerprint density at radius 1 is 1.16 bits per heavy atom. The lowest BCUT2D eigenvalue weighted by atomic mass is 10.1. The standard InChI is InChI=1S/C17H17F5O3/c1-7-8(13(21)14(22)15(24-4)12(7)20)6-25-16(23)11-9(5-10(18)19)17(11,2)3/h5,9,11H,6H2,1-4H3/t9-,11+/m1/s1. The topological polar surface area (TPSA) is 35.5 Å². The summed E-state index contributed by atoms with van der Waals surface area (Å²) in [7, 11) is 0.993. The SMILES string of the molecule is COc1c(F)c(C)c(COC(=O)[C@@H]2[C@@H](C=C(F)F)C2(C)C)c(F)c1F. The Bertz CT molecular complexity index is 709. The van der Waals surface area contributed by atoms with Crippen LogP contribution in [-0.2, 0) is 16.1 Å². The number of hydrogen-bond acceptors (Lipinski definition) is 3. The number of rotatable bonds is 5. The zero-order valence-corrected chi connectivity index (χ0v) is 14.1. The third-order valence-electron chi connectivity index (χ3n) is 4.67. The Morgan fingerprint density at radius 3 is 2.28 bits per heavy atom. The van der Waals surface area contributed by atoms with Gasteiger partial charge in [0.15, 0.2) is 17.4 Å². The van der Waals surface area contributed by atoms with E-state index in [0.717, 1.165) is 7.11 Å². The molecule has 0 aliphatic heterocycles. The molecule has 0 N–H and O–H groups in total. The summed E-state index contributed by atoms with van der Waals surface area (Å²) in [6.07, 6.45) is -1.24. The Balaban J connectivity index is 2.18. The van der Waals surface area contributed by atoms with Crippen LogP contribution in [0.1, 0.15) is 25.0 Å². The number of methoxy groups -OCH3 is 1. The van der Waals surface area contributed by atoms with Gasteiger partial charge in [-0.15, -0.1) is 0 Å². The van der Waals surface area contributed by atoms with Crippen LogP contribution in [-0.4, -0.2) is 13.1 Å². The zero-order chi connectivity index (χ0) is 19.1. The van der Waals surface area contributed by atoms with E-state index in [1.165, 1.54) is 6.92 Å². The predicted octanol–water partition coefficient (Wildman–Crippen LogP) is 4.52. The highest BCUT2D eigenvalue weighted by Crippen LogP contribution is 2.60. The lowest BCUT2D eigenvalue weighted by Gasteiger charge is -2.13. The Morgan fingerprint density at radius 2 is 1.76 bits per heavy atom. The van der Waals surface area contributed by atoms with Gasteiger partial charge in [0.1, 0.15) is 6.61 Å².